The van der Waals surface area contributed by atoms with Crippen LogP contribution in [-0.4, -0.2) is 0 Å². The SMILES string of the molecule is C=C/C=C\C=C1\C=CC(C)=CC1. The number of hydrogen-bond donors (Lipinski definition) is 0. The van der Waals surface area contributed by atoms with Crippen molar-refractivity contribution in [2.45, 2.75) is 13.3 Å². The molecule has 0 saturated heterocycles. The molecule has 0 N–H and O–H groups in total. The normalized spacial score (nSPS) is 20.1. The molecule has 1 rings (SSSR count). The Hall–Kier alpha value is -1.30. The fourth-order valence-electron chi connectivity index (χ4n) is 1.03. The highest BCUT2D eigenvalue weighted by Crippen LogP contribution is 2.14. The van der Waals surface area contributed by atoms with Crippen molar-refractivity contribution < 1.29 is 0 Å². The Balaban J connectivity index is 2.58. The second kappa shape index (κ2) is 4.55. The minimum atomic E-state index is 1.05. The maximum atomic E-state index is 3.61. The zero-order chi connectivity index (χ0) is 8.81. The Morgan fingerprint density at radius 3 is 2.75 bits per heavy atom. The van der Waals surface area contributed by atoms with E-state index in [1.165, 1.54) is 11.1 Å². The summed E-state index contributed by atoms with van der Waals surface area (Å²) in [5.74, 6) is 0. The molecule has 1 aliphatic carbocycles. The summed E-state index contributed by atoms with van der Waals surface area (Å²) in [4.78, 5) is 0. The molecule has 0 saturated carbocycles. The van der Waals surface area contributed by atoms with Gasteiger partial charge < -0.3 is 0 Å². The first-order valence-electron chi connectivity index (χ1n) is 4.16. The van der Waals surface area contributed by atoms with Gasteiger partial charge in [0.05, 0.1) is 0 Å². The van der Waals surface area contributed by atoms with Crippen LogP contribution in [-0.2, 0) is 0 Å². The predicted molar refractivity (Wildman–Crippen MR) is 54.9 cm³/mol. The van der Waals surface area contributed by atoms with Crippen molar-refractivity contribution in [2.24, 2.45) is 0 Å². The van der Waals surface area contributed by atoms with Gasteiger partial charge in [-0.25, -0.2) is 0 Å². The van der Waals surface area contributed by atoms with E-state index in [1.807, 2.05) is 12.2 Å². The lowest BCUT2D eigenvalue weighted by atomic mass is 10.0. The van der Waals surface area contributed by atoms with Gasteiger partial charge >= 0.3 is 0 Å². The van der Waals surface area contributed by atoms with Crippen LogP contribution in [0.5, 0.6) is 0 Å². The lowest BCUT2D eigenvalue weighted by molar-refractivity contribution is 1.22. The Kier molecular flexibility index (Phi) is 3.34. The molecular formula is C12H14. The monoisotopic (exact) mass is 158 g/mol. The van der Waals surface area contributed by atoms with E-state index in [0.29, 0.717) is 0 Å². The van der Waals surface area contributed by atoms with Gasteiger partial charge in [0.25, 0.3) is 0 Å². The Labute approximate surface area is 74.3 Å². The number of rotatable bonds is 2. The van der Waals surface area contributed by atoms with Gasteiger partial charge in [-0.15, -0.1) is 0 Å². The van der Waals surface area contributed by atoms with Crippen LogP contribution in [0.3, 0.4) is 0 Å². The van der Waals surface area contributed by atoms with Crippen LogP contribution in [0.15, 0.2) is 60.3 Å². The molecule has 0 aromatic heterocycles. The molecule has 0 amide bonds. The van der Waals surface area contributed by atoms with Crippen molar-refractivity contribution in [1.29, 1.82) is 0 Å². The summed E-state index contributed by atoms with van der Waals surface area (Å²) >= 11 is 0. The van der Waals surface area contributed by atoms with Gasteiger partial charge in [-0.2, -0.15) is 0 Å². The predicted octanol–water partition coefficient (Wildman–Crippen LogP) is 3.56. The van der Waals surface area contributed by atoms with E-state index in [4.69, 9.17) is 0 Å². The maximum Gasteiger partial charge on any atom is -0.00917 e. The fourth-order valence-corrected chi connectivity index (χ4v) is 1.03. The van der Waals surface area contributed by atoms with Crippen molar-refractivity contribution in [3.63, 3.8) is 0 Å². The first kappa shape index (κ1) is 8.79. The molecule has 1 aliphatic rings. The number of hydrogen-bond acceptors (Lipinski definition) is 0. The van der Waals surface area contributed by atoms with Crippen molar-refractivity contribution in [1.82, 2.24) is 0 Å². The van der Waals surface area contributed by atoms with Crippen LogP contribution in [0.2, 0.25) is 0 Å². The average Bonchev–Trinajstić information content (AvgIpc) is 2.09. The Bertz CT molecular complexity index is 272. The van der Waals surface area contributed by atoms with Crippen LogP contribution in [0.25, 0.3) is 0 Å². The molecule has 0 heterocycles. The van der Waals surface area contributed by atoms with Crippen molar-refractivity contribution in [3.05, 3.63) is 60.3 Å². The van der Waals surface area contributed by atoms with Crippen molar-refractivity contribution >= 4 is 0 Å². The third-order valence-corrected chi connectivity index (χ3v) is 1.78. The molecule has 0 fully saturated rings. The quantitative estimate of drug-likeness (QED) is 0.539. The molecule has 0 aromatic rings. The van der Waals surface area contributed by atoms with E-state index in [2.05, 4.69) is 37.8 Å². The first-order chi connectivity index (χ1) is 5.83. The van der Waals surface area contributed by atoms with Gasteiger partial charge in [0.1, 0.15) is 0 Å². The van der Waals surface area contributed by atoms with Crippen molar-refractivity contribution in [3.8, 4) is 0 Å². The zero-order valence-electron chi connectivity index (χ0n) is 7.46. The topological polar surface area (TPSA) is 0 Å². The lowest BCUT2D eigenvalue weighted by Crippen LogP contribution is -1.83. The second-order valence-electron chi connectivity index (χ2n) is 2.85. The molecule has 0 unspecified atom stereocenters. The molecule has 0 aromatic carbocycles. The summed E-state index contributed by atoms with van der Waals surface area (Å²) in [5.41, 5.74) is 2.69. The van der Waals surface area contributed by atoms with Gasteiger partial charge in [-0.05, 0) is 18.9 Å². The van der Waals surface area contributed by atoms with E-state index in [-0.39, 0.29) is 0 Å². The van der Waals surface area contributed by atoms with Crippen LogP contribution in [0.4, 0.5) is 0 Å². The highest BCUT2D eigenvalue weighted by molar-refractivity contribution is 5.36. The van der Waals surface area contributed by atoms with Gasteiger partial charge in [-0.1, -0.05) is 54.7 Å². The first-order valence-corrected chi connectivity index (χ1v) is 4.16. The fraction of sp³-hybridized carbons (Fsp3) is 0.167. The zero-order valence-corrected chi connectivity index (χ0v) is 7.46. The van der Waals surface area contributed by atoms with E-state index in [0.717, 1.165) is 6.42 Å². The molecule has 0 atom stereocenters. The van der Waals surface area contributed by atoms with Gasteiger partial charge in [-0.3, -0.25) is 0 Å². The average molecular weight is 158 g/mol. The van der Waals surface area contributed by atoms with E-state index in [1.54, 1.807) is 6.08 Å². The van der Waals surface area contributed by atoms with Gasteiger partial charge in [0.2, 0.25) is 0 Å². The number of allylic oxidation sites excluding steroid dienone is 9. The van der Waals surface area contributed by atoms with Gasteiger partial charge in [0.15, 0.2) is 0 Å². The van der Waals surface area contributed by atoms with E-state index >= 15 is 0 Å². The van der Waals surface area contributed by atoms with Gasteiger partial charge in [0, 0.05) is 0 Å². The summed E-state index contributed by atoms with van der Waals surface area (Å²) in [6.45, 7) is 5.73. The van der Waals surface area contributed by atoms with Crippen LogP contribution < -0.4 is 0 Å². The van der Waals surface area contributed by atoms with Crippen molar-refractivity contribution in [2.75, 3.05) is 0 Å². The van der Waals surface area contributed by atoms with E-state index < -0.39 is 0 Å². The third kappa shape index (κ3) is 2.75. The molecule has 0 nitrogen and oxygen atoms in total. The molecule has 0 bridgehead atoms. The Morgan fingerprint density at radius 2 is 2.17 bits per heavy atom. The minimum absolute atomic E-state index is 1.05. The molecule has 0 heteroatoms. The van der Waals surface area contributed by atoms with Crippen LogP contribution in [0.1, 0.15) is 13.3 Å². The molecule has 12 heavy (non-hydrogen) atoms. The Morgan fingerprint density at radius 1 is 1.33 bits per heavy atom. The molecule has 0 spiro atoms. The molecule has 0 aliphatic heterocycles. The van der Waals surface area contributed by atoms with E-state index in [9.17, 15) is 0 Å². The minimum Gasteiger partial charge on any atom is -0.0991 e. The van der Waals surface area contributed by atoms with Crippen LogP contribution in [0, 0.1) is 0 Å². The largest absolute Gasteiger partial charge is 0.0991 e. The second-order valence-corrected chi connectivity index (χ2v) is 2.85. The lowest BCUT2D eigenvalue weighted by Gasteiger charge is -2.03. The summed E-state index contributed by atoms with van der Waals surface area (Å²) < 4.78 is 0. The highest BCUT2D eigenvalue weighted by atomic mass is 14.0. The smallest absolute Gasteiger partial charge is 0.00917 e. The maximum absolute atomic E-state index is 3.61. The summed E-state index contributed by atoms with van der Waals surface area (Å²) in [5, 5.41) is 0. The summed E-state index contributed by atoms with van der Waals surface area (Å²) in [6.07, 6.45) is 15.4. The molecule has 0 radical (unpaired) electrons. The molecular weight excluding hydrogens is 144 g/mol. The summed E-state index contributed by atoms with van der Waals surface area (Å²) in [6, 6.07) is 0. The van der Waals surface area contributed by atoms with Crippen LogP contribution >= 0.6 is 0 Å². The summed E-state index contributed by atoms with van der Waals surface area (Å²) in [7, 11) is 0. The third-order valence-electron chi connectivity index (χ3n) is 1.78. The standard InChI is InChI=1S/C12H14/c1-3-4-5-6-12-9-7-11(2)8-10-12/h3-9H,1,10H2,2H3/b5-4-,12-6-. The molecule has 62 valence electrons. The highest BCUT2D eigenvalue weighted by Gasteiger charge is 1.94.